The lowest BCUT2D eigenvalue weighted by Crippen LogP contribution is -2.12. The largest absolute Gasteiger partial charge is 0.416 e. The van der Waals surface area contributed by atoms with E-state index in [-0.39, 0.29) is 5.41 Å². The second kappa shape index (κ2) is 3.48. The Balaban J connectivity index is 2.56. The fraction of sp³-hybridized carbons (Fsp3) is 0.417. The van der Waals surface area contributed by atoms with Gasteiger partial charge in [-0.2, -0.15) is 13.2 Å². The number of H-pyrrole nitrogens is 1. The lowest BCUT2D eigenvalue weighted by atomic mass is 9.96. The van der Waals surface area contributed by atoms with Gasteiger partial charge in [-0.3, -0.25) is 0 Å². The highest BCUT2D eigenvalue weighted by molar-refractivity contribution is 5.76. The number of hydrogen-bond acceptors (Lipinski definition) is 1. The number of imidazole rings is 1. The minimum absolute atomic E-state index is 0.211. The van der Waals surface area contributed by atoms with Crippen molar-refractivity contribution in [2.75, 3.05) is 0 Å². The van der Waals surface area contributed by atoms with E-state index in [2.05, 4.69) is 9.97 Å². The number of aromatic amines is 1. The van der Waals surface area contributed by atoms with Gasteiger partial charge in [0.25, 0.3) is 0 Å². The first-order valence-corrected chi connectivity index (χ1v) is 5.25. The number of rotatable bonds is 0. The molecule has 0 amide bonds. The van der Waals surface area contributed by atoms with Crippen molar-refractivity contribution >= 4 is 11.0 Å². The van der Waals surface area contributed by atoms with Gasteiger partial charge in [-0.25, -0.2) is 4.98 Å². The third-order valence-corrected chi connectivity index (χ3v) is 2.52. The topological polar surface area (TPSA) is 28.7 Å². The maximum Gasteiger partial charge on any atom is 0.416 e. The van der Waals surface area contributed by atoms with Crippen molar-refractivity contribution in [3.63, 3.8) is 0 Å². The summed E-state index contributed by atoms with van der Waals surface area (Å²) in [6.45, 7) is 5.86. The average molecular weight is 242 g/mol. The summed E-state index contributed by atoms with van der Waals surface area (Å²) in [6, 6.07) is 3.54. The Labute approximate surface area is 96.9 Å². The van der Waals surface area contributed by atoms with Crippen LogP contribution in [0.3, 0.4) is 0 Å². The van der Waals surface area contributed by atoms with E-state index in [1.165, 1.54) is 6.07 Å². The first-order valence-electron chi connectivity index (χ1n) is 5.25. The van der Waals surface area contributed by atoms with Crippen LogP contribution in [0.4, 0.5) is 13.2 Å². The normalized spacial score (nSPS) is 13.3. The number of nitrogens with zero attached hydrogens (tertiary/aromatic N) is 1. The smallest absolute Gasteiger partial charge is 0.342 e. The van der Waals surface area contributed by atoms with Gasteiger partial charge in [0.15, 0.2) is 0 Å². The number of nitrogens with one attached hydrogen (secondary N) is 1. The third-order valence-electron chi connectivity index (χ3n) is 2.52. The summed E-state index contributed by atoms with van der Waals surface area (Å²) < 4.78 is 37.6. The minimum Gasteiger partial charge on any atom is -0.342 e. The van der Waals surface area contributed by atoms with E-state index in [0.717, 1.165) is 12.1 Å². The van der Waals surface area contributed by atoms with E-state index < -0.39 is 11.7 Å². The number of fused-ring (bicyclic) bond motifs is 1. The van der Waals surface area contributed by atoms with Crippen LogP contribution < -0.4 is 0 Å². The highest BCUT2D eigenvalue weighted by Gasteiger charge is 2.31. The van der Waals surface area contributed by atoms with Crippen molar-refractivity contribution in [1.29, 1.82) is 0 Å². The van der Waals surface area contributed by atoms with Crippen LogP contribution in [0.5, 0.6) is 0 Å². The quantitative estimate of drug-likeness (QED) is 0.746. The molecule has 2 aromatic rings. The van der Waals surface area contributed by atoms with Gasteiger partial charge in [-0.05, 0) is 18.2 Å². The molecule has 0 saturated heterocycles. The minimum atomic E-state index is -4.32. The van der Waals surface area contributed by atoms with Crippen LogP contribution in [0.25, 0.3) is 11.0 Å². The maximum absolute atomic E-state index is 12.5. The molecule has 2 nitrogen and oxygen atoms in total. The Bertz CT molecular complexity index is 535. The molecular weight excluding hydrogens is 229 g/mol. The number of aromatic nitrogens is 2. The molecule has 1 N–H and O–H groups in total. The summed E-state index contributed by atoms with van der Waals surface area (Å²) in [5, 5.41) is 0. The van der Waals surface area contributed by atoms with Gasteiger partial charge in [0.05, 0.1) is 16.6 Å². The molecule has 0 aliphatic carbocycles. The second-order valence-corrected chi connectivity index (χ2v) is 5.07. The number of hydrogen-bond donors (Lipinski definition) is 1. The Morgan fingerprint density at radius 2 is 1.76 bits per heavy atom. The van der Waals surface area contributed by atoms with E-state index >= 15 is 0 Å². The maximum atomic E-state index is 12.5. The Morgan fingerprint density at radius 1 is 1.12 bits per heavy atom. The van der Waals surface area contributed by atoms with E-state index in [0.29, 0.717) is 16.9 Å². The summed E-state index contributed by atoms with van der Waals surface area (Å²) in [7, 11) is 0. The fourth-order valence-corrected chi connectivity index (χ4v) is 1.54. The van der Waals surface area contributed by atoms with Crippen molar-refractivity contribution < 1.29 is 13.2 Å². The van der Waals surface area contributed by atoms with Crippen LogP contribution in [0.15, 0.2) is 18.2 Å². The highest BCUT2D eigenvalue weighted by Crippen LogP contribution is 2.31. The summed E-state index contributed by atoms with van der Waals surface area (Å²) in [5.41, 5.74) is 0.110. The summed E-state index contributed by atoms with van der Waals surface area (Å²) in [4.78, 5) is 7.22. The highest BCUT2D eigenvalue weighted by atomic mass is 19.4. The molecule has 0 bridgehead atoms. The number of halogens is 3. The van der Waals surface area contributed by atoms with Crippen LogP contribution in [-0.4, -0.2) is 9.97 Å². The Hall–Kier alpha value is -1.52. The molecule has 0 aliphatic heterocycles. The molecule has 17 heavy (non-hydrogen) atoms. The lowest BCUT2D eigenvalue weighted by molar-refractivity contribution is -0.137. The van der Waals surface area contributed by atoms with Crippen LogP contribution in [0.2, 0.25) is 0 Å². The predicted molar refractivity (Wildman–Crippen MR) is 59.8 cm³/mol. The van der Waals surface area contributed by atoms with Crippen molar-refractivity contribution in [3.8, 4) is 0 Å². The summed E-state index contributed by atoms with van der Waals surface area (Å²) in [5.74, 6) is 0.687. The summed E-state index contributed by atoms with van der Waals surface area (Å²) >= 11 is 0. The molecule has 0 spiro atoms. The van der Waals surface area contributed by atoms with Crippen molar-refractivity contribution in [2.24, 2.45) is 0 Å². The number of alkyl halides is 3. The molecule has 1 heterocycles. The first kappa shape index (κ1) is 12.0. The van der Waals surface area contributed by atoms with Gasteiger partial charge in [0.2, 0.25) is 0 Å². The zero-order valence-electron chi connectivity index (χ0n) is 9.81. The zero-order valence-corrected chi connectivity index (χ0v) is 9.81. The van der Waals surface area contributed by atoms with Crippen molar-refractivity contribution in [2.45, 2.75) is 32.4 Å². The second-order valence-electron chi connectivity index (χ2n) is 5.07. The molecule has 2 rings (SSSR count). The third kappa shape index (κ3) is 2.28. The predicted octanol–water partition coefficient (Wildman–Crippen LogP) is 3.88. The lowest BCUT2D eigenvalue weighted by Gasteiger charge is -2.13. The standard InChI is InChI=1S/C12H13F3N2/c1-11(2,3)10-16-8-5-4-7(12(13,14)15)6-9(8)17-10/h4-6H,1-3H3,(H,16,17). The molecule has 0 atom stereocenters. The SMILES string of the molecule is CC(C)(C)c1nc2ccc(C(F)(F)F)cc2[nH]1. The molecule has 92 valence electrons. The molecule has 1 aromatic carbocycles. The van der Waals surface area contributed by atoms with Gasteiger partial charge in [0, 0.05) is 5.41 Å². The van der Waals surface area contributed by atoms with Gasteiger partial charge >= 0.3 is 6.18 Å². The van der Waals surface area contributed by atoms with Crippen LogP contribution >= 0.6 is 0 Å². The van der Waals surface area contributed by atoms with Crippen molar-refractivity contribution in [1.82, 2.24) is 9.97 Å². The van der Waals surface area contributed by atoms with E-state index in [9.17, 15) is 13.2 Å². The molecule has 5 heteroatoms. The van der Waals surface area contributed by atoms with Crippen molar-refractivity contribution in [3.05, 3.63) is 29.6 Å². The van der Waals surface area contributed by atoms with E-state index in [1.807, 2.05) is 20.8 Å². The molecular formula is C12H13F3N2. The fourth-order valence-electron chi connectivity index (χ4n) is 1.54. The first-order chi connectivity index (χ1) is 7.68. The van der Waals surface area contributed by atoms with Gasteiger partial charge in [0.1, 0.15) is 5.82 Å². The molecule has 0 fully saturated rings. The van der Waals surface area contributed by atoms with E-state index in [1.54, 1.807) is 0 Å². The van der Waals surface area contributed by atoms with Crippen LogP contribution in [0.1, 0.15) is 32.2 Å². The Morgan fingerprint density at radius 3 is 2.29 bits per heavy atom. The van der Waals surface area contributed by atoms with Gasteiger partial charge in [-0.15, -0.1) is 0 Å². The Kier molecular flexibility index (Phi) is 2.45. The van der Waals surface area contributed by atoms with Crippen LogP contribution in [-0.2, 0) is 11.6 Å². The molecule has 0 aliphatic rings. The molecule has 0 saturated carbocycles. The summed E-state index contributed by atoms with van der Waals surface area (Å²) in [6.07, 6.45) is -4.32. The monoisotopic (exact) mass is 242 g/mol. The van der Waals surface area contributed by atoms with Gasteiger partial charge < -0.3 is 4.98 Å². The zero-order chi connectivity index (χ0) is 12.8. The molecule has 1 aromatic heterocycles. The van der Waals surface area contributed by atoms with Crippen LogP contribution in [0, 0.1) is 0 Å². The average Bonchev–Trinajstić information content (AvgIpc) is 2.57. The van der Waals surface area contributed by atoms with Gasteiger partial charge in [-0.1, -0.05) is 20.8 Å². The molecule has 0 radical (unpaired) electrons. The van der Waals surface area contributed by atoms with E-state index in [4.69, 9.17) is 0 Å². The molecule has 0 unspecified atom stereocenters. The number of benzene rings is 1.